The highest BCUT2D eigenvalue weighted by Gasteiger charge is 2.48. The molecule has 3 heteroatoms. The van der Waals surface area contributed by atoms with Gasteiger partial charge in [-0.25, -0.2) is 8.78 Å². The highest BCUT2D eigenvalue weighted by molar-refractivity contribution is 5.40. The van der Waals surface area contributed by atoms with Gasteiger partial charge in [-0.1, -0.05) is 0 Å². The third kappa shape index (κ3) is 0.693. The van der Waals surface area contributed by atoms with Crippen LogP contribution in [-0.2, 0) is 11.2 Å². The molecular weight excluding hydrogens is 162 g/mol. The van der Waals surface area contributed by atoms with Gasteiger partial charge in [0.25, 0.3) is 0 Å². The van der Waals surface area contributed by atoms with Crippen LogP contribution in [0.1, 0.15) is 17.2 Å². The third-order valence-corrected chi connectivity index (χ3v) is 2.49. The minimum atomic E-state index is -0.512. The second kappa shape index (κ2) is 1.85. The average Bonchev–Trinajstić information content (AvgIpc) is 2.68. The molecule has 3 rings (SSSR count). The minimum Gasteiger partial charge on any atom is -0.364 e. The zero-order valence-electron chi connectivity index (χ0n) is 6.18. The van der Waals surface area contributed by atoms with Crippen LogP contribution in [0.25, 0.3) is 0 Å². The molecule has 0 aromatic heterocycles. The van der Waals surface area contributed by atoms with E-state index in [2.05, 4.69) is 0 Å². The van der Waals surface area contributed by atoms with Crippen molar-refractivity contribution >= 4 is 0 Å². The van der Waals surface area contributed by atoms with E-state index < -0.39 is 11.6 Å². The molecule has 62 valence electrons. The number of epoxide rings is 1. The molecule has 2 aliphatic rings. The molecule has 1 aromatic rings. The molecule has 2 atom stereocenters. The average molecular weight is 168 g/mol. The maximum atomic E-state index is 13.0. The van der Waals surface area contributed by atoms with Gasteiger partial charge in [-0.2, -0.15) is 0 Å². The Balaban J connectivity index is 2.24. The molecule has 1 nitrogen and oxygen atoms in total. The summed E-state index contributed by atoms with van der Waals surface area (Å²) in [6.07, 6.45) is 0.702. The molecule has 0 spiro atoms. The topological polar surface area (TPSA) is 12.5 Å². The van der Waals surface area contributed by atoms with Crippen molar-refractivity contribution in [3.63, 3.8) is 0 Å². The molecule has 1 aliphatic carbocycles. The lowest BCUT2D eigenvalue weighted by Crippen LogP contribution is -1.95. The molecule has 0 N–H and O–H groups in total. The lowest BCUT2D eigenvalue weighted by molar-refractivity contribution is 0.356. The predicted octanol–water partition coefficient (Wildman–Crippen LogP) is 1.96. The van der Waals surface area contributed by atoms with Crippen molar-refractivity contribution in [1.82, 2.24) is 0 Å². The molecule has 1 heterocycles. The summed E-state index contributed by atoms with van der Waals surface area (Å²) in [5.74, 6) is -0.941. The van der Waals surface area contributed by atoms with Gasteiger partial charge in [0.05, 0.1) is 6.10 Å². The Morgan fingerprint density at radius 2 is 2.17 bits per heavy atom. The van der Waals surface area contributed by atoms with E-state index in [1.54, 1.807) is 0 Å². The first-order valence-corrected chi connectivity index (χ1v) is 3.89. The van der Waals surface area contributed by atoms with Crippen molar-refractivity contribution < 1.29 is 13.5 Å². The first kappa shape index (κ1) is 6.54. The van der Waals surface area contributed by atoms with Crippen LogP contribution < -0.4 is 0 Å². The molecule has 0 unspecified atom stereocenters. The molecule has 1 saturated heterocycles. The number of hydrogen-bond acceptors (Lipinski definition) is 1. The zero-order chi connectivity index (χ0) is 8.29. The molecule has 0 saturated carbocycles. The fraction of sp³-hybridized carbons (Fsp3) is 0.333. The molecular formula is C9H6F2O. The van der Waals surface area contributed by atoms with E-state index in [0.29, 0.717) is 17.5 Å². The summed E-state index contributed by atoms with van der Waals surface area (Å²) in [6, 6.07) is 2.31. The van der Waals surface area contributed by atoms with Gasteiger partial charge in [0.15, 0.2) is 0 Å². The van der Waals surface area contributed by atoms with Crippen molar-refractivity contribution in [2.45, 2.75) is 18.6 Å². The normalized spacial score (nSPS) is 29.8. The summed E-state index contributed by atoms with van der Waals surface area (Å²) in [6.45, 7) is 0. The van der Waals surface area contributed by atoms with E-state index in [4.69, 9.17) is 4.74 Å². The number of halogens is 2. The second-order valence-electron chi connectivity index (χ2n) is 3.25. The van der Waals surface area contributed by atoms with E-state index >= 15 is 0 Å². The Morgan fingerprint density at radius 1 is 1.33 bits per heavy atom. The van der Waals surface area contributed by atoms with Gasteiger partial charge in [-0.15, -0.1) is 0 Å². The van der Waals surface area contributed by atoms with Crippen LogP contribution >= 0.6 is 0 Å². The van der Waals surface area contributed by atoms with Gasteiger partial charge < -0.3 is 4.74 Å². The summed E-state index contributed by atoms with van der Waals surface area (Å²) in [5.41, 5.74) is 1.34. The summed E-state index contributed by atoms with van der Waals surface area (Å²) < 4.78 is 30.9. The first-order chi connectivity index (χ1) is 5.75. The fourth-order valence-corrected chi connectivity index (χ4v) is 1.87. The highest BCUT2D eigenvalue weighted by atomic mass is 19.1. The Kier molecular flexibility index (Phi) is 1.01. The van der Waals surface area contributed by atoms with Crippen LogP contribution in [0.5, 0.6) is 0 Å². The molecule has 0 radical (unpaired) electrons. The van der Waals surface area contributed by atoms with E-state index in [9.17, 15) is 8.78 Å². The zero-order valence-corrected chi connectivity index (χ0v) is 6.18. The fourth-order valence-electron chi connectivity index (χ4n) is 1.87. The van der Waals surface area contributed by atoms with Crippen LogP contribution in [0.2, 0.25) is 0 Å². The largest absolute Gasteiger partial charge is 0.364 e. The molecule has 1 aliphatic heterocycles. The van der Waals surface area contributed by atoms with Crippen molar-refractivity contribution in [1.29, 1.82) is 0 Å². The molecule has 1 aromatic carbocycles. The maximum absolute atomic E-state index is 13.0. The standard InChI is InChI=1S/C9H6F2O/c10-4-1-6-5(7(11)2-4)3-8-9(6)12-8/h1-2,8-9H,3H2/t8-,9-/m1/s1. The number of hydrogen-bond donors (Lipinski definition) is 0. The van der Waals surface area contributed by atoms with Crippen molar-refractivity contribution in [2.75, 3.05) is 0 Å². The van der Waals surface area contributed by atoms with Crippen molar-refractivity contribution in [2.24, 2.45) is 0 Å². The summed E-state index contributed by atoms with van der Waals surface area (Å²) in [5, 5.41) is 0. The summed E-state index contributed by atoms with van der Waals surface area (Å²) >= 11 is 0. The summed E-state index contributed by atoms with van der Waals surface area (Å²) in [7, 11) is 0. The van der Waals surface area contributed by atoms with E-state index in [1.807, 2.05) is 0 Å². The quantitative estimate of drug-likeness (QED) is 0.539. The Bertz CT molecular complexity index is 362. The number of fused-ring (bicyclic) bond motifs is 3. The SMILES string of the molecule is Fc1cc(F)c2c(c1)[C@H]1O[C@@H]1C2. The molecule has 0 bridgehead atoms. The molecule has 0 amide bonds. The Morgan fingerprint density at radius 3 is 3.00 bits per heavy atom. The first-order valence-electron chi connectivity index (χ1n) is 3.89. The van der Waals surface area contributed by atoms with E-state index in [0.717, 1.165) is 6.07 Å². The van der Waals surface area contributed by atoms with Gasteiger partial charge in [0, 0.05) is 12.5 Å². The van der Waals surface area contributed by atoms with E-state index in [-0.39, 0.29) is 12.2 Å². The van der Waals surface area contributed by atoms with Crippen LogP contribution in [0.3, 0.4) is 0 Å². The minimum absolute atomic E-state index is 0.0230. The summed E-state index contributed by atoms with van der Waals surface area (Å²) in [4.78, 5) is 0. The monoisotopic (exact) mass is 168 g/mol. The number of ether oxygens (including phenoxy) is 1. The Hall–Kier alpha value is -0.960. The van der Waals surface area contributed by atoms with Crippen molar-refractivity contribution in [3.05, 3.63) is 34.9 Å². The number of benzene rings is 1. The van der Waals surface area contributed by atoms with Crippen LogP contribution in [0.4, 0.5) is 8.78 Å². The van der Waals surface area contributed by atoms with Gasteiger partial charge in [0.2, 0.25) is 0 Å². The Labute approximate surface area is 68.0 Å². The van der Waals surface area contributed by atoms with Gasteiger partial charge >= 0.3 is 0 Å². The lowest BCUT2D eigenvalue weighted by Gasteiger charge is -2.02. The lowest BCUT2D eigenvalue weighted by atomic mass is 10.1. The van der Waals surface area contributed by atoms with Crippen LogP contribution in [0.15, 0.2) is 12.1 Å². The molecule has 12 heavy (non-hydrogen) atoms. The van der Waals surface area contributed by atoms with E-state index in [1.165, 1.54) is 6.07 Å². The van der Waals surface area contributed by atoms with Gasteiger partial charge in [-0.05, 0) is 17.2 Å². The number of rotatable bonds is 0. The smallest absolute Gasteiger partial charge is 0.129 e. The predicted molar refractivity (Wildman–Crippen MR) is 37.7 cm³/mol. The maximum Gasteiger partial charge on any atom is 0.129 e. The third-order valence-electron chi connectivity index (χ3n) is 2.49. The van der Waals surface area contributed by atoms with Gasteiger partial charge in [0.1, 0.15) is 17.7 Å². The van der Waals surface area contributed by atoms with Crippen LogP contribution in [0, 0.1) is 11.6 Å². The second-order valence-corrected chi connectivity index (χ2v) is 3.25. The van der Waals surface area contributed by atoms with Crippen LogP contribution in [-0.4, -0.2) is 6.10 Å². The van der Waals surface area contributed by atoms with Gasteiger partial charge in [-0.3, -0.25) is 0 Å². The van der Waals surface area contributed by atoms with Crippen molar-refractivity contribution in [3.8, 4) is 0 Å². The molecule has 1 fully saturated rings. The highest BCUT2D eigenvalue weighted by Crippen LogP contribution is 2.49.